The van der Waals surface area contributed by atoms with Crippen molar-refractivity contribution in [2.24, 2.45) is 0 Å². The first-order valence-corrected chi connectivity index (χ1v) is 10.4. The molecular weight excluding hydrogens is 439 g/mol. The summed E-state index contributed by atoms with van der Waals surface area (Å²) < 4.78 is 16.8. The highest BCUT2D eigenvalue weighted by molar-refractivity contribution is 6.42. The average molecular weight is 461 g/mol. The molecule has 0 aliphatic heterocycles. The fourth-order valence-electron chi connectivity index (χ4n) is 2.75. The summed E-state index contributed by atoms with van der Waals surface area (Å²) in [6.07, 6.45) is 4.25. The highest BCUT2D eigenvalue weighted by atomic mass is 35.5. The van der Waals surface area contributed by atoms with E-state index in [9.17, 15) is 4.79 Å². The van der Waals surface area contributed by atoms with E-state index in [4.69, 9.17) is 37.4 Å². The predicted molar refractivity (Wildman–Crippen MR) is 121 cm³/mol. The maximum absolute atomic E-state index is 12.3. The van der Waals surface area contributed by atoms with Gasteiger partial charge in [0, 0.05) is 36.1 Å². The molecule has 3 rings (SSSR count). The molecule has 6 nitrogen and oxygen atoms in total. The minimum Gasteiger partial charge on any atom is -0.493 e. The third-order valence-corrected chi connectivity index (χ3v) is 5.09. The summed E-state index contributed by atoms with van der Waals surface area (Å²) in [6.45, 7) is 0.681. The largest absolute Gasteiger partial charge is 0.493 e. The number of nitrogens with zero attached hydrogens (tertiary/aromatic N) is 1. The van der Waals surface area contributed by atoms with Crippen LogP contribution in [0.2, 0.25) is 10.0 Å². The van der Waals surface area contributed by atoms with Crippen LogP contribution in [0.25, 0.3) is 0 Å². The van der Waals surface area contributed by atoms with Gasteiger partial charge in [0.2, 0.25) is 5.91 Å². The average Bonchev–Trinajstić information content (AvgIpc) is 2.79. The van der Waals surface area contributed by atoms with Crippen LogP contribution in [-0.4, -0.2) is 24.6 Å². The van der Waals surface area contributed by atoms with Gasteiger partial charge in [0.05, 0.1) is 18.7 Å². The van der Waals surface area contributed by atoms with E-state index in [-0.39, 0.29) is 12.3 Å². The number of halogens is 2. The SMILES string of the molecule is COc1ccc(NC(=O)CCCOc2cccc(Cl)c2Cl)cc1OCc1cccnc1. The van der Waals surface area contributed by atoms with Crippen LogP contribution < -0.4 is 19.5 Å². The summed E-state index contributed by atoms with van der Waals surface area (Å²) in [5.41, 5.74) is 1.55. The van der Waals surface area contributed by atoms with E-state index in [1.807, 2.05) is 12.1 Å². The molecule has 0 aliphatic carbocycles. The lowest BCUT2D eigenvalue weighted by Crippen LogP contribution is -2.13. The quantitative estimate of drug-likeness (QED) is 0.388. The van der Waals surface area contributed by atoms with E-state index in [1.54, 1.807) is 55.9 Å². The van der Waals surface area contributed by atoms with Crippen LogP contribution in [0.5, 0.6) is 17.2 Å². The van der Waals surface area contributed by atoms with Gasteiger partial charge in [-0.3, -0.25) is 9.78 Å². The molecule has 0 saturated carbocycles. The lowest BCUT2D eigenvalue weighted by molar-refractivity contribution is -0.116. The molecule has 1 heterocycles. The second-order valence-electron chi connectivity index (χ2n) is 6.57. The number of benzene rings is 2. The molecule has 8 heteroatoms. The van der Waals surface area contributed by atoms with Crippen molar-refractivity contribution in [2.45, 2.75) is 19.4 Å². The second kappa shape index (κ2) is 11.4. The Morgan fingerprint density at radius 2 is 1.90 bits per heavy atom. The summed E-state index contributed by atoms with van der Waals surface area (Å²) in [4.78, 5) is 16.4. The monoisotopic (exact) mass is 460 g/mol. The number of carbonyl (C=O) groups excluding carboxylic acids is 1. The summed E-state index contributed by atoms with van der Waals surface area (Å²) in [5, 5.41) is 3.66. The van der Waals surface area contributed by atoms with E-state index >= 15 is 0 Å². The van der Waals surface area contributed by atoms with Gasteiger partial charge in [0.1, 0.15) is 17.4 Å². The van der Waals surface area contributed by atoms with Gasteiger partial charge in [-0.1, -0.05) is 35.3 Å². The molecule has 31 heavy (non-hydrogen) atoms. The Balaban J connectivity index is 1.50. The van der Waals surface area contributed by atoms with Crippen molar-refractivity contribution in [1.29, 1.82) is 0 Å². The number of nitrogens with one attached hydrogen (secondary N) is 1. The van der Waals surface area contributed by atoms with E-state index in [0.29, 0.717) is 52.6 Å². The zero-order valence-electron chi connectivity index (χ0n) is 16.9. The lowest BCUT2D eigenvalue weighted by Gasteiger charge is -2.13. The third-order valence-electron chi connectivity index (χ3n) is 4.29. The molecule has 162 valence electrons. The predicted octanol–water partition coefficient (Wildman–Crippen LogP) is 5.77. The van der Waals surface area contributed by atoms with Gasteiger partial charge < -0.3 is 19.5 Å². The van der Waals surface area contributed by atoms with E-state index in [1.165, 1.54) is 0 Å². The fraction of sp³-hybridized carbons (Fsp3) is 0.217. The van der Waals surface area contributed by atoms with E-state index in [2.05, 4.69) is 10.3 Å². The first-order valence-electron chi connectivity index (χ1n) is 9.63. The van der Waals surface area contributed by atoms with Crippen molar-refractivity contribution in [1.82, 2.24) is 4.98 Å². The van der Waals surface area contributed by atoms with Crippen molar-refractivity contribution < 1.29 is 19.0 Å². The molecule has 2 aromatic carbocycles. The van der Waals surface area contributed by atoms with Crippen LogP contribution in [0, 0.1) is 0 Å². The van der Waals surface area contributed by atoms with Crippen molar-refractivity contribution in [3.8, 4) is 17.2 Å². The Bertz CT molecular complexity index is 1020. The van der Waals surface area contributed by atoms with E-state index in [0.717, 1.165) is 5.56 Å². The number of amides is 1. The molecule has 0 atom stereocenters. The van der Waals surface area contributed by atoms with Crippen LogP contribution in [0.1, 0.15) is 18.4 Å². The van der Waals surface area contributed by atoms with Crippen molar-refractivity contribution in [2.75, 3.05) is 19.0 Å². The Kier molecular flexibility index (Phi) is 8.38. The lowest BCUT2D eigenvalue weighted by atomic mass is 10.2. The maximum atomic E-state index is 12.3. The number of pyridine rings is 1. The fourth-order valence-corrected chi connectivity index (χ4v) is 3.09. The molecule has 0 unspecified atom stereocenters. The number of carbonyl (C=O) groups is 1. The molecule has 0 spiro atoms. The maximum Gasteiger partial charge on any atom is 0.224 e. The molecular formula is C23H22Cl2N2O4. The topological polar surface area (TPSA) is 69.7 Å². The minimum absolute atomic E-state index is 0.135. The van der Waals surface area contributed by atoms with Gasteiger partial charge in [-0.05, 0) is 36.8 Å². The van der Waals surface area contributed by atoms with Crippen molar-refractivity contribution in [3.05, 3.63) is 76.5 Å². The van der Waals surface area contributed by atoms with Gasteiger partial charge in [-0.2, -0.15) is 0 Å². The van der Waals surface area contributed by atoms with Crippen LogP contribution >= 0.6 is 23.2 Å². The van der Waals surface area contributed by atoms with Gasteiger partial charge in [-0.25, -0.2) is 0 Å². The molecule has 1 N–H and O–H groups in total. The first kappa shape index (κ1) is 22.7. The second-order valence-corrected chi connectivity index (χ2v) is 7.35. The van der Waals surface area contributed by atoms with Gasteiger partial charge in [-0.15, -0.1) is 0 Å². The summed E-state index contributed by atoms with van der Waals surface area (Å²) in [6, 6.07) is 14.2. The number of rotatable bonds is 10. The highest BCUT2D eigenvalue weighted by Crippen LogP contribution is 2.32. The number of hydrogen-bond donors (Lipinski definition) is 1. The van der Waals surface area contributed by atoms with Crippen molar-refractivity contribution >= 4 is 34.8 Å². The van der Waals surface area contributed by atoms with Gasteiger partial charge in [0.15, 0.2) is 11.5 Å². The standard InChI is InChI=1S/C23H22Cl2N2O4/c1-29-19-10-9-17(13-21(19)31-15-16-5-3-11-26-14-16)27-22(28)8-4-12-30-20-7-2-6-18(24)23(20)25/h2-3,5-7,9-11,13-14H,4,8,12,15H2,1H3,(H,27,28). The van der Waals surface area contributed by atoms with Crippen LogP contribution in [0.3, 0.4) is 0 Å². The Morgan fingerprint density at radius 3 is 2.68 bits per heavy atom. The molecule has 0 radical (unpaired) electrons. The molecule has 1 amide bonds. The van der Waals surface area contributed by atoms with Crippen LogP contribution in [0.15, 0.2) is 60.9 Å². The zero-order chi connectivity index (χ0) is 22.1. The number of hydrogen-bond acceptors (Lipinski definition) is 5. The molecule has 0 aliphatic rings. The molecule has 3 aromatic rings. The molecule has 0 saturated heterocycles. The number of methoxy groups -OCH3 is 1. The van der Waals surface area contributed by atoms with E-state index < -0.39 is 0 Å². The number of ether oxygens (including phenoxy) is 3. The normalized spacial score (nSPS) is 10.4. The van der Waals surface area contributed by atoms with Crippen LogP contribution in [-0.2, 0) is 11.4 Å². The number of aromatic nitrogens is 1. The number of anilines is 1. The van der Waals surface area contributed by atoms with Gasteiger partial charge in [0.25, 0.3) is 0 Å². The van der Waals surface area contributed by atoms with Gasteiger partial charge >= 0.3 is 0 Å². The Hall–Kier alpha value is -2.96. The first-order chi connectivity index (χ1) is 15.1. The Morgan fingerprint density at radius 1 is 1.03 bits per heavy atom. The molecule has 0 bridgehead atoms. The third kappa shape index (κ3) is 6.77. The zero-order valence-corrected chi connectivity index (χ0v) is 18.4. The summed E-state index contributed by atoms with van der Waals surface area (Å²) in [5.74, 6) is 1.47. The molecule has 0 fully saturated rings. The summed E-state index contributed by atoms with van der Waals surface area (Å²) >= 11 is 12.0. The van der Waals surface area contributed by atoms with Crippen LogP contribution in [0.4, 0.5) is 5.69 Å². The highest BCUT2D eigenvalue weighted by Gasteiger charge is 2.10. The minimum atomic E-state index is -0.135. The van der Waals surface area contributed by atoms with Crippen molar-refractivity contribution in [3.63, 3.8) is 0 Å². The summed E-state index contributed by atoms with van der Waals surface area (Å²) in [7, 11) is 1.57. The smallest absolute Gasteiger partial charge is 0.224 e. The molecule has 1 aromatic heterocycles. The Labute approximate surface area is 191 Å².